The molecule has 2 aromatic heterocycles. The van der Waals surface area contributed by atoms with E-state index in [9.17, 15) is 9.90 Å². The second kappa shape index (κ2) is 9.83. The van der Waals surface area contributed by atoms with Crippen LogP contribution in [-0.4, -0.2) is 31.8 Å². The van der Waals surface area contributed by atoms with Crippen LogP contribution in [-0.2, 0) is 0 Å². The lowest BCUT2D eigenvalue weighted by Gasteiger charge is -2.29. The Labute approximate surface area is 215 Å². The predicted octanol–water partition coefficient (Wildman–Crippen LogP) is 5.53. The van der Waals surface area contributed by atoms with E-state index in [-0.39, 0.29) is 23.8 Å². The summed E-state index contributed by atoms with van der Waals surface area (Å²) in [6, 6.07) is 24.1. The number of aromatic carboxylic acids is 1. The molecule has 0 unspecified atom stereocenters. The number of carboxylic acid groups (broad SMARTS) is 1. The summed E-state index contributed by atoms with van der Waals surface area (Å²) < 4.78 is 7.83. The first kappa shape index (κ1) is 23.6. The van der Waals surface area contributed by atoms with E-state index in [2.05, 4.69) is 15.2 Å². The fraction of sp³-hybridized carbons (Fsp3) is 0.179. The van der Waals surface area contributed by atoms with Gasteiger partial charge in [0.25, 0.3) is 0 Å². The Balaban J connectivity index is 1.61. The molecule has 2 N–H and O–H groups in total. The number of benzene rings is 2. The van der Waals surface area contributed by atoms with E-state index < -0.39 is 5.97 Å². The van der Waals surface area contributed by atoms with Crippen LogP contribution in [0.1, 0.15) is 47.7 Å². The van der Waals surface area contributed by atoms with Crippen LogP contribution in [0, 0.1) is 0 Å². The fourth-order valence-corrected chi connectivity index (χ4v) is 4.90. The van der Waals surface area contributed by atoms with E-state index in [0.29, 0.717) is 5.11 Å². The highest BCUT2D eigenvalue weighted by molar-refractivity contribution is 7.80. The van der Waals surface area contributed by atoms with Gasteiger partial charge in [-0.25, -0.2) is 4.79 Å². The first-order valence-electron chi connectivity index (χ1n) is 11.7. The first-order chi connectivity index (χ1) is 17.4. The van der Waals surface area contributed by atoms with E-state index >= 15 is 0 Å². The number of hydrogen-bond donors (Lipinski definition) is 2. The number of nitrogens with zero attached hydrogens (tertiary/aromatic N) is 3. The summed E-state index contributed by atoms with van der Waals surface area (Å²) in [5.41, 5.74) is 3.71. The zero-order chi connectivity index (χ0) is 25.2. The highest BCUT2D eigenvalue weighted by atomic mass is 32.1. The van der Waals surface area contributed by atoms with Crippen LogP contribution in [0.2, 0.25) is 0 Å². The first-order valence-corrected chi connectivity index (χ1v) is 12.1. The van der Waals surface area contributed by atoms with Gasteiger partial charge in [0.2, 0.25) is 0 Å². The number of carbonyl (C=O) groups is 1. The van der Waals surface area contributed by atoms with Crippen LogP contribution in [0.25, 0.3) is 5.69 Å². The molecule has 1 aliphatic rings. The highest BCUT2D eigenvalue weighted by Crippen LogP contribution is 2.42. The van der Waals surface area contributed by atoms with Gasteiger partial charge in [-0.15, -0.1) is 0 Å². The molecule has 0 spiro atoms. The van der Waals surface area contributed by atoms with Crippen molar-refractivity contribution in [3.63, 3.8) is 0 Å². The van der Waals surface area contributed by atoms with Crippen molar-refractivity contribution in [3.05, 3.63) is 108 Å². The molecule has 4 aromatic rings. The van der Waals surface area contributed by atoms with Crippen molar-refractivity contribution in [1.82, 2.24) is 14.9 Å². The number of hydrogen-bond acceptors (Lipinski definition) is 4. The Morgan fingerprint density at radius 3 is 2.53 bits per heavy atom. The predicted molar refractivity (Wildman–Crippen MR) is 143 cm³/mol. The summed E-state index contributed by atoms with van der Waals surface area (Å²) in [5, 5.41) is 13.6. The van der Waals surface area contributed by atoms with Gasteiger partial charge < -0.3 is 24.6 Å². The van der Waals surface area contributed by atoms with Gasteiger partial charge in [0.15, 0.2) is 5.11 Å². The van der Waals surface area contributed by atoms with Crippen molar-refractivity contribution in [2.75, 3.05) is 4.90 Å². The highest BCUT2D eigenvalue weighted by Gasteiger charge is 2.42. The van der Waals surface area contributed by atoms with E-state index in [1.807, 2.05) is 85.3 Å². The molecule has 0 radical (unpaired) electrons. The quantitative estimate of drug-likeness (QED) is 0.324. The van der Waals surface area contributed by atoms with Crippen LogP contribution in [0.15, 0.2) is 91.3 Å². The van der Waals surface area contributed by atoms with Gasteiger partial charge in [0.1, 0.15) is 11.8 Å². The van der Waals surface area contributed by atoms with E-state index in [1.54, 1.807) is 24.4 Å². The van der Waals surface area contributed by atoms with Crippen molar-refractivity contribution in [2.45, 2.75) is 32.0 Å². The van der Waals surface area contributed by atoms with Crippen LogP contribution in [0.3, 0.4) is 0 Å². The lowest BCUT2D eigenvalue weighted by molar-refractivity contribution is 0.0697. The maximum atomic E-state index is 11.6. The van der Waals surface area contributed by atoms with Crippen LogP contribution in [0.5, 0.6) is 5.75 Å². The Bertz CT molecular complexity index is 1390. The number of rotatable bonds is 7. The maximum Gasteiger partial charge on any atom is 0.335 e. The van der Waals surface area contributed by atoms with Crippen molar-refractivity contribution in [2.24, 2.45) is 0 Å². The second-order valence-electron chi connectivity index (χ2n) is 8.82. The fourth-order valence-electron chi connectivity index (χ4n) is 4.55. The van der Waals surface area contributed by atoms with Crippen LogP contribution >= 0.6 is 12.2 Å². The molecule has 5 rings (SSSR count). The average Bonchev–Trinajstić information content (AvgIpc) is 3.49. The van der Waals surface area contributed by atoms with Gasteiger partial charge in [-0.2, -0.15) is 0 Å². The number of aromatic nitrogens is 2. The molecule has 2 aromatic carbocycles. The van der Waals surface area contributed by atoms with Gasteiger partial charge >= 0.3 is 5.97 Å². The Hall–Kier alpha value is -4.17. The lowest BCUT2D eigenvalue weighted by atomic mass is 10.0. The summed E-state index contributed by atoms with van der Waals surface area (Å²) in [7, 11) is 0. The van der Waals surface area contributed by atoms with E-state index in [1.165, 1.54) is 0 Å². The molecule has 7 nitrogen and oxygen atoms in total. The molecular formula is C28H26N4O3S. The minimum atomic E-state index is -0.967. The number of thiocarbonyl (C=S) groups is 1. The monoisotopic (exact) mass is 498 g/mol. The molecule has 3 heterocycles. The minimum absolute atomic E-state index is 0.0801. The third-order valence-corrected chi connectivity index (χ3v) is 6.35. The third kappa shape index (κ3) is 4.55. The molecule has 1 saturated heterocycles. The number of ether oxygens (including phenoxy) is 1. The molecule has 1 aliphatic heterocycles. The standard InChI is InChI=1S/C28H26N4O3S/c1-18(2)35-22-13-11-20(12-14-22)32-26(25(30-28(32)36)23-9-3-4-15-29-23)24-10-6-16-31(24)21-8-5-7-19(17-21)27(33)34/h3-18,25-26H,1-2H3,(H,30,36)(H,33,34)/t25-,26-/m0/s1. The summed E-state index contributed by atoms with van der Waals surface area (Å²) in [6.45, 7) is 3.99. The van der Waals surface area contributed by atoms with Gasteiger partial charge in [0.05, 0.1) is 23.4 Å². The molecule has 0 bridgehead atoms. The van der Waals surface area contributed by atoms with Gasteiger partial charge in [-0.1, -0.05) is 12.1 Å². The second-order valence-corrected chi connectivity index (χ2v) is 9.20. The van der Waals surface area contributed by atoms with Gasteiger partial charge in [-0.05, 0) is 92.8 Å². The largest absolute Gasteiger partial charge is 0.491 e. The molecule has 1 fully saturated rings. The van der Waals surface area contributed by atoms with E-state index in [4.69, 9.17) is 17.0 Å². The average molecular weight is 499 g/mol. The smallest absolute Gasteiger partial charge is 0.335 e. The normalized spacial score (nSPS) is 17.3. The summed E-state index contributed by atoms with van der Waals surface area (Å²) >= 11 is 5.84. The van der Waals surface area contributed by atoms with Gasteiger partial charge in [-0.3, -0.25) is 4.98 Å². The summed E-state index contributed by atoms with van der Waals surface area (Å²) in [4.78, 5) is 18.3. The topological polar surface area (TPSA) is 79.6 Å². The number of nitrogens with one attached hydrogen (secondary N) is 1. The summed E-state index contributed by atoms with van der Waals surface area (Å²) in [5.74, 6) is -0.176. The molecule has 8 heteroatoms. The zero-order valence-electron chi connectivity index (χ0n) is 19.9. The molecule has 36 heavy (non-hydrogen) atoms. The molecule has 0 aliphatic carbocycles. The van der Waals surface area contributed by atoms with Crippen LogP contribution < -0.4 is 15.0 Å². The Morgan fingerprint density at radius 2 is 1.83 bits per heavy atom. The molecule has 0 saturated carbocycles. The van der Waals surface area contributed by atoms with Crippen molar-refractivity contribution in [3.8, 4) is 11.4 Å². The van der Waals surface area contributed by atoms with Crippen molar-refractivity contribution < 1.29 is 14.6 Å². The molecule has 0 amide bonds. The maximum absolute atomic E-state index is 11.6. The molecule has 2 atom stereocenters. The molecule has 182 valence electrons. The number of pyridine rings is 1. The molecular weight excluding hydrogens is 472 g/mol. The summed E-state index contributed by atoms with van der Waals surface area (Å²) in [6.07, 6.45) is 3.79. The Morgan fingerprint density at radius 1 is 1.03 bits per heavy atom. The van der Waals surface area contributed by atoms with E-state index in [0.717, 1.165) is 28.5 Å². The Kier molecular flexibility index (Phi) is 6.43. The van der Waals surface area contributed by atoms with Crippen molar-refractivity contribution >= 4 is 29.0 Å². The van der Waals surface area contributed by atoms with Gasteiger partial charge in [0, 0.05) is 29.5 Å². The lowest BCUT2D eigenvalue weighted by Crippen LogP contribution is -2.30. The van der Waals surface area contributed by atoms with Crippen LogP contribution in [0.4, 0.5) is 5.69 Å². The number of carboxylic acids is 1. The SMILES string of the molecule is CC(C)Oc1ccc(N2C(=S)N[C@@H](c3ccccn3)[C@@H]2c2cccn2-c2cccc(C(=O)O)c2)cc1. The van der Waals surface area contributed by atoms with Crippen molar-refractivity contribution in [1.29, 1.82) is 0 Å². The number of anilines is 1. The zero-order valence-corrected chi connectivity index (χ0v) is 20.7. The third-order valence-electron chi connectivity index (χ3n) is 6.04. The minimum Gasteiger partial charge on any atom is -0.491 e.